The zero-order valence-corrected chi connectivity index (χ0v) is 17.0. The molecule has 0 aliphatic carbocycles. The number of aromatic amines is 1. The number of piperidine rings is 1. The summed E-state index contributed by atoms with van der Waals surface area (Å²) in [5.74, 6) is 1.31. The van der Waals surface area contributed by atoms with Gasteiger partial charge in [0, 0.05) is 18.0 Å². The summed E-state index contributed by atoms with van der Waals surface area (Å²) in [5, 5.41) is 4.62. The van der Waals surface area contributed by atoms with Gasteiger partial charge in [0.2, 0.25) is 4.77 Å². The molecule has 0 radical (unpaired) electrons. The summed E-state index contributed by atoms with van der Waals surface area (Å²) in [6.45, 7) is 2.81. The van der Waals surface area contributed by atoms with Gasteiger partial charge in [-0.05, 0) is 43.7 Å². The second-order valence-electron chi connectivity index (χ2n) is 7.23. The van der Waals surface area contributed by atoms with Crippen LogP contribution in [-0.2, 0) is 6.67 Å². The Balaban J connectivity index is 1.33. The Morgan fingerprint density at radius 1 is 1.07 bits per heavy atom. The van der Waals surface area contributed by atoms with Crippen LogP contribution in [0.25, 0.3) is 21.6 Å². The molecule has 3 heterocycles. The number of nitrogens with one attached hydrogen (secondary N) is 1. The van der Waals surface area contributed by atoms with E-state index in [4.69, 9.17) is 17.2 Å². The molecule has 1 atom stereocenters. The lowest BCUT2D eigenvalue weighted by atomic mass is 9.99. The molecule has 28 heavy (non-hydrogen) atoms. The van der Waals surface area contributed by atoms with Crippen LogP contribution in [0.3, 0.4) is 0 Å². The molecular formula is C21H21N5S2. The van der Waals surface area contributed by atoms with Crippen LogP contribution in [0, 0.1) is 4.77 Å². The number of benzene rings is 2. The van der Waals surface area contributed by atoms with E-state index in [0.29, 0.717) is 10.7 Å². The number of para-hydroxylation sites is 1. The Hall–Kier alpha value is -2.35. The molecule has 4 aromatic rings. The third-order valence-corrected chi connectivity index (χ3v) is 6.74. The van der Waals surface area contributed by atoms with E-state index in [0.717, 1.165) is 36.7 Å². The van der Waals surface area contributed by atoms with Gasteiger partial charge in [0.15, 0.2) is 5.82 Å². The second kappa shape index (κ2) is 7.58. The number of rotatable bonds is 4. The fraction of sp³-hybridized carbons (Fsp3) is 0.286. The van der Waals surface area contributed by atoms with Crippen LogP contribution in [0.2, 0.25) is 0 Å². The van der Waals surface area contributed by atoms with Crippen LogP contribution < -0.4 is 0 Å². The monoisotopic (exact) mass is 407 g/mol. The summed E-state index contributed by atoms with van der Waals surface area (Å²) in [7, 11) is 0. The molecule has 1 aliphatic rings. The number of H-pyrrole nitrogens is 1. The van der Waals surface area contributed by atoms with Gasteiger partial charge in [-0.1, -0.05) is 42.5 Å². The summed E-state index contributed by atoms with van der Waals surface area (Å²) < 4.78 is 3.84. The van der Waals surface area contributed by atoms with E-state index in [-0.39, 0.29) is 0 Å². The average molecular weight is 408 g/mol. The predicted molar refractivity (Wildman–Crippen MR) is 116 cm³/mol. The Kier molecular flexibility index (Phi) is 4.80. The van der Waals surface area contributed by atoms with Crippen molar-refractivity contribution in [3.8, 4) is 11.4 Å². The first-order valence-electron chi connectivity index (χ1n) is 9.56. The number of thiazole rings is 1. The quantitative estimate of drug-likeness (QED) is 0.481. The summed E-state index contributed by atoms with van der Waals surface area (Å²) in [5.41, 5.74) is 2.17. The van der Waals surface area contributed by atoms with Crippen molar-refractivity contribution in [3.05, 3.63) is 64.4 Å². The van der Waals surface area contributed by atoms with Crippen molar-refractivity contribution in [2.24, 2.45) is 0 Å². The Morgan fingerprint density at radius 3 is 2.75 bits per heavy atom. The molecule has 1 saturated heterocycles. The van der Waals surface area contributed by atoms with E-state index in [2.05, 4.69) is 39.2 Å². The lowest BCUT2D eigenvalue weighted by Gasteiger charge is -2.31. The third kappa shape index (κ3) is 3.53. The van der Waals surface area contributed by atoms with Crippen LogP contribution in [0.1, 0.15) is 23.8 Å². The van der Waals surface area contributed by atoms with Crippen molar-refractivity contribution >= 4 is 33.8 Å². The Labute approximate surface area is 172 Å². The van der Waals surface area contributed by atoms with E-state index < -0.39 is 0 Å². The van der Waals surface area contributed by atoms with Crippen molar-refractivity contribution in [2.75, 3.05) is 13.1 Å². The highest BCUT2D eigenvalue weighted by Crippen LogP contribution is 2.33. The predicted octanol–water partition coefficient (Wildman–Crippen LogP) is 5.05. The Bertz CT molecular complexity index is 1110. The van der Waals surface area contributed by atoms with E-state index >= 15 is 0 Å². The summed E-state index contributed by atoms with van der Waals surface area (Å²) in [6.07, 6.45) is 2.37. The van der Waals surface area contributed by atoms with E-state index in [9.17, 15) is 0 Å². The first kappa shape index (κ1) is 17.7. The number of likely N-dealkylation sites (tertiary alicyclic amines) is 1. The molecule has 0 amide bonds. The zero-order chi connectivity index (χ0) is 18.9. The first-order valence-corrected chi connectivity index (χ1v) is 10.8. The Morgan fingerprint density at radius 2 is 1.89 bits per heavy atom. The largest absolute Gasteiger partial charge is 0.284 e. The molecule has 5 rings (SSSR count). The van der Waals surface area contributed by atoms with Gasteiger partial charge in [-0.25, -0.2) is 9.67 Å². The number of fused-ring (bicyclic) bond motifs is 1. The fourth-order valence-electron chi connectivity index (χ4n) is 3.83. The van der Waals surface area contributed by atoms with Gasteiger partial charge < -0.3 is 0 Å². The molecule has 1 N–H and O–H groups in total. The lowest BCUT2D eigenvalue weighted by molar-refractivity contribution is 0.156. The highest BCUT2D eigenvalue weighted by molar-refractivity contribution is 7.71. The smallest absolute Gasteiger partial charge is 0.217 e. The van der Waals surface area contributed by atoms with Crippen LogP contribution in [0.4, 0.5) is 0 Å². The van der Waals surface area contributed by atoms with Gasteiger partial charge in [0.25, 0.3) is 0 Å². The number of nitrogens with zero attached hydrogens (tertiary/aromatic N) is 4. The molecule has 2 aromatic heterocycles. The molecule has 0 unspecified atom stereocenters. The van der Waals surface area contributed by atoms with Crippen LogP contribution in [0.5, 0.6) is 0 Å². The maximum Gasteiger partial charge on any atom is 0.217 e. The highest BCUT2D eigenvalue weighted by Gasteiger charge is 2.24. The maximum absolute atomic E-state index is 5.49. The second-order valence-corrected chi connectivity index (χ2v) is 8.65. The van der Waals surface area contributed by atoms with E-state index in [1.807, 2.05) is 46.4 Å². The summed E-state index contributed by atoms with van der Waals surface area (Å²) in [4.78, 5) is 11.9. The van der Waals surface area contributed by atoms with Gasteiger partial charge in [-0.2, -0.15) is 4.98 Å². The van der Waals surface area contributed by atoms with Crippen LogP contribution >= 0.6 is 23.6 Å². The first-order chi connectivity index (χ1) is 13.8. The van der Waals surface area contributed by atoms with E-state index in [1.165, 1.54) is 22.5 Å². The van der Waals surface area contributed by atoms with Crippen LogP contribution in [-0.4, -0.2) is 37.7 Å². The molecule has 7 heteroatoms. The van der Waals surface area contributed by atoms with Crippen molar-refractivity contribution in [1.29, 1.82) is 0 Å². The molecule has 1 aliphatic heterocycles. The minimum absolute atomic E-state index is 0.483. The topological polar surface area (TPSA) is 49.7 Å². The number of aromatic nitrogens is 4. The standard InChI is InChI=1S/C21H21N5S2/c27-21-23-19(15-7-2-1-3-8-15)24-26(21)14-25-12-6-9-16(13-25)20-22-17-10-4-5-11-18(17)28-20/h1-5,7-8,10-11,16H,6,9,12-14H2,(H,23,24,27)/t16-/m1/s1. The highest BCUT2D eigenvalue weighted by atomic mass is 32.1. The number of hydrogen-bond acceptors (Lipinski definition) is 5. The lowest BCUT2D eigenvalue weighted by Crippen LogP contribution is -2.36. The minimum atomic E-state index is 0.483. The zero-order valence-electron chi connectivity index (χ0n) is 15.4. The van der Waals surface area contributed by atoms with Gasteiger partial charge in [0.05, 0.1) is 21.9 Å². The van der Waals surface area contributed by atoms with Gasteiger partial charge in [-0.15, -0.1) is 11.3 Å². The molecular weight excluding hydrogens is 386 g/mol. The molecule has 142 valence electrons. The SMILES string of the molecule is S=c1nc(-c2ccccc2)[nH]n1CN1CCC[C@@H](c2nc3ccccc3s2)C1. The van der Waals surface area contributed by atoms with Gasteiger partial charge >= 0.3 is 0 Å². The normalized spacial score (nSPS) is 17.9. The maximum atomic E-state index is 5.49. The van der Waals surface area contributed by atoms with Gasteiger partial charge in [0.1, 0.15) is 0 Å². The minimum Gasteiger partial charge on any atom is -0.284 e. The summed E-state index contributed by atoms with van der Waals surface area (Å²) in [6, 6.07) is 18.5. The average Bonchev–Trinajstić information content (AvgIpc) is 3.33. The molecule has 2 aromatic carbocycles. The van der Waals surface area contributed by atoms with Crippen molar-refractivity contribution in [1.82, 2.24) is 24.6 Å². The van der Waals surface area contributed by atoms with Gasteiger partial charge in [-0.3, -0.25) is 10.00 Å². The van der Waals surface area contributed by atoms with Crippen molar-refractivity contribution in [3.63, 3.8) is 0 Å². The van der Waals surface area contributed by atoms with Crippen molar-refractivity contribution in [2.45, 2.75) is 25.4 Å². The third-order valence-electron chi connectivity index (χ3n) is 5.23. The molecule has 1 fully saturated rings. The van der Waals surface area contributed by atoms with E-state index in [1.54, 1.807) is 0 Å². The molecule has 5 nitrogen and oxygen atoms in total. The molecule has 0 spiro atoms. The van der Waals surface area contributed by atoms with Crippen LogP contribution in [0.15, 0.2) is 54.6 Å². The number of hydrogen-bond donors (Lipinski definition) is 1. The summed E-state index contributed by atoms with van der Waals surface area (Å²) >= 11 is 7.32. The van der Waals surface area contributed by atoms with Crippen molar-refractivity contribution < 1.29 is 0 Å². The molecule has 0 bridgehead atoms. The fourth-order valence-corrected chi connectivity index (χ4v) is 5.12. The molecule has 0 saturated carbocycles.